The van der Waals surface area contributed by atoms with Gasteiger partial charge in [0.2, 0.25) is 0 Å². The van der Waals surface area contributed by atoms with E-state index in [-0.39, 0.29) is 31.1 Å². The summed E-state index contributed by atoms with van der Waals surface area (Å²) < 4.78 is 16.9. The lowest BCUT2D eigenvalue weighted by molar-refractivity contribution is -0.167. The van der Waals surface area contributed by atoms with Crippen LogP contribution in [-0.2, 0) is 28.6 Å². The van der Waals surface area contributed by atoms with Crippen LogP contribution in [0.2, 0.25) is 0 Å². The van der Waals surface area contributed by atoms with Gasteiger partial charge in [-0.05, 0) is 135 Å². The van der Waals surface area contributed by atoms with Crippen molar-refractivity contribution < 1.29 is 28.6 Å². The summed E-state index contributed by atoms with van der Waals surface area (Å²) in [6, 6.07) is 0. The highest BCUT2D eigenvalue weighted by atomic mass is 16.6. The molecule has 0 saturated heterocycles. The number of allylic oxidation sites excluding steroid dienone is 24. The first-order valence-electron chi connectivity index (χ1n) is 31.3. The second-order valence-electron chi connectivity index (χ2n) is 20.2. The number of carbonyl (C=O) groups excluding carboxylic acids is 3. The Labute approximate surface area is 474 Å². The van der Waals surface area contributed by atoms with Crippen LogP contribution in [0.15, 0.2) is 146 Å². The molecular formula is C71H114O6. The van der Waals surface area contributed by atoms with Gasteiger partial charge in [-0.2, -0.15) is 0 Å². The molecule has 0 aliphatic carbocycles. The monoisotopic (exact) mass is 1060 g/mol. The summed E-state index contributed by atoms with van der Waals surface area (Å²) in [5.74, 6) is -0.935. The van der Waals surface area contributed by atoms with Crippen LogP contribution in [0.5, 0.6) is 0 Å². The zero-order valence-electron chi connectivity index (χ0n) is 49.7. The van der Waals surface area contributed by atoms with Gasteiger partial charge in [0.15, 0.2) is 6.10 Å². The van der Waals surface area contributed by atoms with Crippen molar-refractivity contribution in [3.63, 3.8) is 0 Å². The molecule has 0 amide bonds. The third-order valence-electron chi connectivity index (χ3n) is 12.8. The second kappa shape index (κ2) is 63.8. The van der Waals surface area contributed by atoms with Gasteiger partial charge in [-0.1, -0.05) is 256 Å². The van der Waals surface area contributed by atoms with E-state index in [1.807, 2.05) is 0 Å². The van der Waals surface area contributed by atoms with Gasteiger partial charge in [0.1, 0.15) is 13.2 Å². The van der Waals surface area contributed by atoms with E-state index in [0.29, 0.717) is 19.3 Å². The number of unbranched alkanes of at least 4 members (excludes halogenated alkanes) is 20. The van der Waals surface area contributed by atoms with E-state index in [0.717, 1.165) is 173 Å². The largest absolute Gasteiger partial charge is 0.462 e. The molecule has 0 N–H and O–H groups in total. The van der Waals surface area contributed by atoms with Gasteiger partial charge < -0.3 is 14.2 Å². The Hall–Kier alpha value is -4.71. The molecule has 0 aromatic heterocycles. The maximum Gasteiger partial charge on any atom is 0.306 e. The second-order valence-corrected chi connectivity index (χ2v) is 20.2. The minimum Gasteiger partial charge on any atom is -0.462 e. The van der Waals surface area contributed by atoms with Gasteiger partial charge >= 0.3 is 17.9 Å². The number of rotatable bonds is 55. The van der Waals surface area contributed by atoms with Crippen LogP contribution in [0.4, 0.5) is 0 Å². The first-order valence-corrected chi connectivity index (χ1v) is 31.3. The molecule has 0 aromatic rings. The molecule has 434 valence electrons. The van der Waals surface area contributed by atoms with Gasteiger partial charge in [-0.15, -0.1) is 0 Å². The molecule has 0 saturated carbocycles. The van der Waals surface area contributed by atoms with E-state index in [9.17, 15) is 14.4 Å². The average molecular weight is 1060 g/mol. The van der Waals surface area contributed by atoms with Crippen molar-refractivity contribution in [1.82, 2.24) is 0 Å². The van der Waals surface area contributed by atoms with Crippen LogP contribution in [-0.4, -0.2) is 37.2 Å². The van der Waals surface area contributed by atoms with Crippen molar-refractivity contribution >= 4 is 17.9 Å². The van der Waals surface area contributed by atoms with Gasteiger partial charge in [-0.3, -0.25) is 14.4 Å². The van der Waals surface area contributed by atoms with Crippen molar-refractivity contribution in [3.05, 3.63) is 146 Å². The summed E-state index contributed by atoms with van der Waals surface area (Å²) in [7, 11) is 0. The van der Waals surface area contributed by atoms with Crippen molar-refractivity contribution in [2.45, 2.75) is 271 Å². The van der Waals surface area contributed by atoms with Crippen molar-refractivity contribution in [3.8, 4) is 0 Å². The molecule has 0 aliphatic rings. The Morgan fingerprint density at radius 2 is 0.506 bits per heavy atom. The highest BCUT2D eigenvalue weighted by Crippen LogP contribution is 2.14. The lowest BCUT2D eigenvalue weighted by Crippen LogP contribution is -2.30. The topological polar surface area (TPSA) is 78.9 Å². The fourth-order valence-electron chi connectivity index (χ4n) is 8.18. The fourth-order valence-corrected chi connectivity index (χ4v) is 8.18. The van der Waals surface area contributed by atoms with Crippen LogP contribution in [0.25, 0.3) is 0 Å². The summed E-state index contributed by atoms with van der Waals surface area (Å²) in [6.45, 7) is 6.32. The Balaban J connectivity index is 4.43. The normalized spacial score (nSPS) is 13.1. The zero-order valence-corrected chi connectivity index (χ0v) is 49.7. The third-order valence-corrected chi connectivity index (χ3v) is 12.8. The number of ether oxygens (including phenoxy) is 3. The first kappa shape index (κ1) is 72.3. The third kappa shape index (κ3) is 62.0. The summed E-state index contributed by atoms with van der Waals surface area (Å²) in [5.41, 5.74) is 0. The zero-order chi connectivity index (χ0) is 55.7. The predicted molar refractivity (Wildman–Crippen MR) is 334 cm³/mol. The Morgan fingerprint density at radius 1 is 0.273 bits per heavy atom. The van der Waals surface area contributed by atoms with E-state index in [1.54, 1.807) is 0 Å². The smallest absolute Gasteiger partial charge is 0.306 e. The highest BCUT2D eigenvalue weighted by Gasteiger charge is 2.19. The minimum atomic E-state index is -0.803. The number of hydrogen-bond donors (Lipinski definition) is 0. The van der Waals surface area contributed by atoms with E-state index < -0.39 is 6.10 Å². The van der Waals surface area contributed by atoms with E-state index in [4.69, 9.17) is 14.2 Å². The quantitative estimate of drug-likeness (QED) is 0.0261. The molecule has 0 aliphatic heterocycles. The number of hydrogen-bond acceptors (Lipinski definition) is 6. The van der Waals surface area contributed by atoms with E-state index in [2.05, 4.69) is 167 Å². The van der Waals surface area contributed by atoms with Gasteiger partial charge in [0, 0.05) is 19.3 Å². The van der Waals surface area contributed by atoms with E-state index >= 15 is 0 Å². The molecule has 0 spiro atoms. The summed E-state index contributed by atoms with van der Waals surface area (Å²) in [5, 5.41) is 0. The maximum absolute atomic E-state index is 12.9. The van der Waals surface area contributed by atoms with Crippen molar-refractivity contribution in [2.75, 3.05) is 13.2 Å². The minimum absolute atomic E-state index is 0.0984. The standard InChI is InChI=1S/C71H114O6/c1-4-7-10-13-16-19-22-25-27-29-31-33-35-37-39-41-43-46-49-52-55-58-61-64-70(73)76-67-68(66-75-69(72)63-60-57-54-51-48-45-24-21-18-15-12-9-6-3)77-71(74)65-62-59-56-53-50-47-44-42-40-38-36-34-32-30-28-26-23-20-17-14-11-8-5-2/h7-8,10-12,15-17,19-21,24-28,31-34,37-40,68H,4-6,9,13-14,18,22-23,29-30,35-36,41-67H2,1-3H3/b10-7-,11-8-,15-12-,19-16-,20-17-,24-21-,27-25-,28-26-,33-31-,34-32-,39-37-,40-38-. The molecule has 0 aromatic carbocycles. The highest BCUT2D eigenvalue weighted by molar-refractivity contribution is 5.71. The average Bonchev–Trinajstić information content (AvgIpc) is 3.43. The van der Waals surface area contributed by atoms with Crippen molar-refractivity contribution in [1.29, 1.82) is 0 Å². The van der Waals surface area contributed by atoms with Crippen molar-refractivity contribution in [2.24, 2.45) is 0 Å². The van der Waals surface area contributed by atoms with Crippen LogP contribution < -0.4 is 0 Å². The fraction of sp³-hybridized carbons (Fsp3) is 0.620. The molecule has 0 heterocycles. The number of carbonyl (C=O) groups is 3. The van der Waals surface area contributed by atoms with Gasteiger partial charge in [0.25, 0.3) is 0 Å². The first-order chi connectivity index (χ1) is 38.0. The Morgan fingerprint density at radius 3 is 0.792 bits per heavy atom. The lowest BCUT2D eigenvalue weighted by atomic mass is 10.1. The molecule has 0 bridgehead atoms. The lowest BCUT2D eigenvalue weighted by Gasteiger charge is -2.18. The number of esters is 3. The molecule has 6 nitrogen and oxygen atoms in total. The maximum atomic E-state index is 12.9. The Kier molecular flexibility index (Phi) is 59.9. The summed E-state index contributed by atoms with van der Waals surface area (Å²) in [6.07, 6.45) is 91.3. The summed E-state index contributed by atoms with van der Waals surface area (Å²) >= 11 is 0. The predicted octanol–water partition coefficient (Wildman–Crippen LogP) is 21.5. The molecule has 1 atom stereocenters. The van der Waals surface area contributed by atoms with Crippen LogP contribution >= 0.6 is 0 Å². The van der Waals surface area contributed by atoms with Gasteiger partial charge in [-0.25, -0.2) is 0 Å². The molecule has 6 heteroatoms. The van der Waals surface area contributed by atoms with E-state index in [1.165, 1.54) is 51.4 Å². The van der Waals surface area contributed by atoms with Crippen LogP contribution in [0.1, 0.15) is 265 Å². The molecule has 0 radical (unpaired) electrons. The molecule has 0 fully saturated rings. The van der Waals surface area contributed by atoms with Crippen LogP contribution in [0, 0.1) is 0 Å². The molecule has 77 heavy (non-hydrogen) atoms. The summed E-state index contributed by atoms with van der Waals surface area (Å²) in [4.78, 5) is 38.3. The molecule has 0 rings (SSSR count). The Bertz CT molecular complexity index is 1700. The van der Waals surface area contributed by atoms with Gasteiger partial charge in [0.05, 0.1) is 0 Å². The molecule has 1 unspecified atom stereocenters. The van der Waals surface area contributed by atoms with Crippen LogP contribution in [0.3, 0.4) is 0 Å². The SMILES string of the molecule is CC/C=C\C/C=C\C/C=C\C/C=C\C/C=C\CCCCCCCCCC(=O)OCC(COC(=O)CCCCCCC/C=C\C/C=C\CCC)OC(=O)CCCCCCCCC/C=C\C/C=C\C/C=C\C/C=C\C/C=C\CC. The molecular weight excluding hydrogens is 949 g/mol.